The summed E-state index contributed by atoms with van der Waals surface area (Å²) in [5, 5.41) is 15.8. The largest absolute Gasteiger partial charge is 0.378 e. The Morgan fingerprint density at radius 2 is 1.60 bits per heavy atom. The second-order valence-corrected chi connectivity index (χ2v) is 8.41. The van der Waals surface area contributed by atoms with Crippen LogP contribution in [0, 0.1) is 27.7 Å². The maximum atomic E-state index is 12.4. The Hall–Kier alpha value is -2.80. The molecule has 0 aliphatic rings. The molecule has 7 heteroatoms. The zero-order chi connectivity index (χ0) is 21.7. The third kappa shape index (κ3) is 5.42. The van der Waals surface area contributed by atoms with Gasteiger partial charge in [0.1, 0.15) is 0 Å². The molecule has 0 unspecified atom stereocenters. The number of amides is 1. The monoisotopic (exact) mass is 423 g/mol. The molecule has 6 nitrogen and oxygen atoms in total. The summed E-state index contributed by atoms with van der Waals surface area (Å²) in [4.78, 5) is 12.4. The minimum absolute atomic E-state index is 0.0486. The highest BCUT2D eigenvalue weighted by molar-refractivity contribution is 7.99. The van der Waals surface area contributed by atoms with Crippen molar-refractivity contribution in [2.75, 3.05) is 16.4 Å². The summed E-state index contributed by atoms with van der Waals surface area (Å²) in [5.74, 6) is 1.10. The molecule has 0 radical (unpaired) electrons. The number of carbonyl (C=O) groups excluding carboxylic acids is 1. The van der Waals surface area contributed by atoms with E-state index >= 15 is 0 Å². The van der Waals surface area contributed by atoms with E-state index in [2.05, 4.69) is 65.9 Å². The van der Waals surface area contributed by atoms with E-state index in [1.807, 2.05) is 30.5 Å². The minimum atomic E-state index is -0.0486. The second-order valence-electron chi connectivity index (χ2n) is 7.47. The van der Waals surface area contributed by atoms with Gasteiger partial charge in [-0.15, -0.1) is 10.2 Å². The first-order valence-corrected chi connectivity index (χ1v) is 11.1. The molecule has 0 saturated heterocycles. The van der Waals surface area contributed by atoms with Crippen molar-refractivity contribution in [2.24, 2.45) is 0 Å². The summed E-state index contributed by atoms with van der Waals surface area (Å²) < 4.78 is 2.05. The topological polar surface area (TPSA) is 71.8 Å². The highest BCUT2D eigenvalue weighted by atomic mass is 32.2. The molecule has 0 atom stereocenters. The van der Waals surface area contributed by atoms with Crippen LogP contribution in [0.1, 0.15) is 35.0 Å². The number of hydrogen-bond donors (Lipinski definition) is 2. The fourth-order valence-electron chi connectivity index (χ4n) is 3.33. The first-order chi connectivity index (χ1) is 14.4. The van der Waals surface area contributed by atoms with E-state index in [9.17, 15) is 4.79 Å². The predicted molar refractivity (Wildman–Crippen MR) is 124 cm³/mol. The van der Waals surface area contributed by atoms with Crippen LogP contribution >= 0.6 is 11.8 Å². The lowest BCUT2D eigenvalue weighted by Gasteiger charge is -2.12. The third-order valence-electron chi connectivity index (χ3n) is 4.92. The van der Waals surface area contributed by atoms with Crippen LogP contribution in [0.15, 0.2) is 41.6 Å². The van der Waals surface area contributed by atoms with Gasteiger partial charge in [-0.1, -0.05) is 47.2 Å². The Balaban J connectivity index is 1.60. The summed E-state index contributed by atoms with van der Waals surface area (Å²) in [6, 6.07) is 12.3. The number of benzene rings is 2. The van der Waals surface area contributed by atoms with Crippen molar-refractivity contribution in [2.45, 2.75) is 52.9 Å². The SMILES string of the molecule is CCn1c(CNc2ccc(C)cc2C)nnc1SCC(=O)Nc1ccc(C)cc1C. The summed E-state index contributed by atoms with van der Waals surface area (Å²) in [5.41, 5.74) is 6.63. The fraction of sp³-hybridized carbons (Fsp3) is 0.348. The maximum Gasteiger partial charge on any atom is 0.234 e. The Bertz CT molecular complexity index is 1040. The minimum Gasteiger partial charge on any atom is -0.378 e. The quantitative estimate of drug-likeness (QED) is 0.506. The molecular formula is C23H29N5OS. The van der Waals surface area contributed by atoms with Crippen LogP contribution in [0.25, 0.3) is 0 Å². The second kappa shape index (κ2) is 9.80. The normalized spacial score (nSPS) is 10.8. The molecule has 1 heterocycles. The molecule has 1 aromatic heterocycles. The average molecular weight is 424 g/mol. The van der Waals surface area contributed by atoms with Gasteiger partial charge in [0, 0.05) is 17.9 Å². The fourth-order valence-corrected chi connectivity index (χ4v) is 4.15. The van der Waals surface area contributed by atoms with Gasteiger partial charge in [-0.3, -0.25) is 4.79 Å². The maximum absolute atomic E-state index is 12.4. The van der Waals surface area contributed by atoms with Crippen molar-refractivity contribution < 1.29 is 4.79 Å². The molecule has 2 N–H and O–H groups in total. The van der Waals surface area contributed by atoms with Crippen molar-refractivity contribution in [1.82, 2.24) is 14.8 Å². The number of aromatic nitrogens is 3. The van der Waals surface area contributed by atoms with Crippen LogP contribution in [-0.4, -0.2) is 26.4 Å². The number of thioether (sulfide) groups is 1. The smallest absolute Gasteiger partial charge is 0.234 e. The number of rotatable bonds is 8. The van der Waals surface area contributed by atoms with Gasteiger partial charge in [0.2, 0.25) is 5.91 Å². The summed E-state index contributed by atoms with van der Waals surface area (Å²) in [6.07, 6.45) is 0. The van der Waals surface area contributed by atoms with Crippen molar-refractivity contribution in [1.29, 1.82) is 0 Å². The molecule has 0 saturated carbocycles. The zero-order valence-corrected chi connectivity index (χ0v) is 19.1. The lowest BCUT2D eigenvalue weighted by molar-refractivity contribution is -0.113. The lowest BCUT2D eigenvalue weighted by Crippen LogP contribution is -2.15. The van der Waals surface area contributed by atoms with Gasteiger partial charge in [-0.2, -0.15) is 0 Å². The third-order valence-corrected chi connectivity index (χ3v) is 5.88. The first kappa shape index (κ1) is 21.9. The molecule has 0 aliphatic heterocycles. The van der Waals surface area contributed by atoms with Gasteiger partial charge in [0.15, 0.2) is 11.0 Å². The molecule has 0 bridgehead atoms. The molecule has 1 amide bonds. The number of hydrogen-bond acceptors (Lipinski definition) is 5. The molecule has 0 fully saturated rings. The van der Waals surface area contributed by atoms with Gasteiger partial charge < -0.3 is 15.2 Å². The standard InChI is InChI=1S/C23H29N5OS/c1-6-28-21(13-24-19-9-7-15(2)11-17(19)4)26-27-23(28)30-14-22(29)25-20-10-8-16(3)12-18(20)5/h7-12,24H,6,13-14H2,1-5H3,(H,25,29). The van der Waals surface area contributed by atoms with E-state index in [0.717, 1.165) is 34.5 Å². The zero-order valence-electron chi connectivity index (χ0n) is 18.2. The number of anilines is 2. The van der Waals surface area contributed by atoms with Crippen molar-refractivity contribution in [3.63, 3.8) is 0 Å². The molecule has 0 aliphatic carbocycles. The van der Waals surface area contributed by atoms with Crippen molar-refractivity contribution in [3.8, 4) is 0 Å². The van der Waals surface area contributed by atoms with E-state index in [-0.39, 0.29) is 11.7 Å². The predicted octanol–water partition coefficient (Wildman–Crippen LogP) is 4.87. The lowest BCUT2D eigenvalue weighted by atomic mass is 10.1. The average Bonchev–Trinajstić information content (AvgIpc) is 3.09. The summed E-state index contributed by atoms with van der Waals surface area (Å²) in [7, 11) is 0. The molecular weight excluding hydrogens is 394 g/mol. The molecule has 30 heavy (non-hydrogen) atoms. The van der Waals surface area contributed by atoms with Gasteiger partial charge in [0.05, 0.1) is 12.3 Å². The van der Waals surface area contributed by atoms with Gasteiger partial charge in [0.25, 0.3) is 0 Å². The van der Waals surface area contributed by atoms with Crippen LogP contribution in [0.2, 0.25) is 0 Å². The summed E-state index contributed by atoms with van der Waals surface area (Å²) >= 11 is 1.41. The molecule has 158 valence electrons. The number of nitrogens with one attached hydrogen (secondary N) is 2. The van der Waals surface area contributed by atoms with E-state index in [4.69, 9.17) is 0 Å². The van der Waals surface area contributed by atoms with Crippen LogP contribution < -0.4 is 10.6 Å². The Morgan fingerprint density at radius 3 is 2.20 bits per heavy atom. The molecule has 0 spiro atoms. The highest BCUT2D eigenvalue weighted by Gasteiger charge is 2.14. The van der Waals surface area contributed by atoms with E-state index < -0.39 is 0 Å². The number of carbonyl (C=O) groups is 1. The van der Waals surface area contributed by atoms with E-state index in [1.54, 1.807) is 0 Å². The van der Waals surface area contributed by atoms with E-state index in [1.165, 1.54) is 28.5 Å². The molecule has 2 aromatic carbocycles. The van der Waals surface area contributed by atoms with Crippen molar-refractivity contribution in [3.05, 3.63) is 64.5 Å². The van der Waals surface area contributed by atoms with Crippen LogP contribution in [0.4, 0.5) is 11.4 Å². The van der Waals surface area contributed by atoms with Crippen LogP contribution in [-0.2, 0) is 17.9 Å². The van der Waals surface area contributed by atoms with Gasteiger partial charge in [-0.25, -0.2) is 0 Å². The highest BCUT2D eigenvalue weighted by Crippen LogP contribution is 2.21. The van der Waals surface area contributed by atoms with Gasteiger partial charge in [-0.05, 0) is 57.9 Å². The molecule has 3 aromatic rings. The summed E-state index contributed by atoms with van der Waals surface area (Å²) in [6.45, 7) is 11.6. The van der Waals surface area contributed by atoms with Crippen molar-refractivity contribution >= 4 is 29.0 Å². The number of nitrogens with zero attached hydrogens (tertiary/aromatic N) is 3. The Morgan fingerprint density at radius 1 is 0.967 bits per heavy atom. The van der Waals surface area contributed by atoms with E-state index in [0.29, 0.717) is 6.54 Å². The number of aryl methyl sites for hydroxylation is 4. The first-order valence-electron chi connectivity index (χ1n) is 10.1. The van der Waals surface area contributed by atoms with Crippen LogP contribution in [0.5, 0.6) is 0 Å². The Kier molecular flexibility index (Phi) is 7.15. The van der Waals surface area contributed by atoms with Gasteiger partial charge >= 0.3 is 0 Å². The molecule has 3 rings (SSSR count). The van der Waals surface area contributed by atoms with Crippen LogP contribution in [0.3, 0.4) is 0 Å². The Labute approximate surface area is 182 Å².